The molecule has 0 spiro atoms. The van der Waals surface area contributed by atoms with E-state index in [0.29, 0.717) is 11.6 Å². The fraction of sp³-hybridized carbons (Fsp3) is 0.0526. The number of benzene rings is 2. The normalized spacial score (nSPS) is 10.8. The van der Waals surface area contributed by atoms with E-state index in [4.69, 9.17) is 4.42 Å². The fourth-order valence-electron chi connectivity index (χ4n) is 2.48. The van der Waals surface area contributed by atoms with Gasteiger partial charge in [0, 0.05) is 17.3 Å². The van der Waals surface area contributed by atoms with Crippen LogP contribution >= 0.6 is 11.3 Å². The third-order valence-electron chi connectivity index (χ3n) is 3.69. The highest BCUT2D eigenvalue weighted by molar-refractivity contribution is 7.21. The maximum Gasteiger partial charge on any atom is 0.326 e. The van der Waals surface area contributed by atoms with Crippen LogP contribution in [0.25, 0.3) is 20.8 Å². The number of carbonyl (C=O) groups is 1. The largest absolute Gasteiger partial charge is 0.449 e. The number of thiazole rings is 1. The number of hydrogen-bond acceptors (Lipinski definition) is 4. The van der Waals surface area contributed by atoms with Gasteiger partial charge in [-0.15, -0.1) is 11.3 Å². The molecule has 0 radical (unpaired) electrons. The summed E-state index contributed by atoms with van der Waals surface area (Å²) >= 11 is 1.66. The minimum absolute atomic E-state index is 0.349. The van der Waals surface area contributed by atoms with Gasteiger partial charge in [0.1, 0.15) is 5.01 Å². The van der Waals surface area contributed by atoms with E-state index in [9.17, 15) is 4.79 Å². The molecule has 0 unspecified atom stereocenters. The lowest BCUT2D eigenvalue weighted by molar-refractivity contribution is 0.261. The van der Waals surface area contributed by atoms with E-state index in [-0.39, 0.29) is 6.03 Å². The number of aromatic nitrogens is 1. The molecule has 2 aromatic carbocycles. The van der Waals surface area contributed by atoms with Crippen LogP contribution in [0.2, 0.25) is 0 Å². The maximum absolute atomic E-state index is 11.9. The second-order valence-corrected chi connectivity index (χ2v) is 6.65. The van der Waals surface area contributed by atoms with Crippen molar-refractivity contribution < 1.29 is 9.21 Å². The van der Waals surface area contributed by atoms with Crippen molar-refractivity contribution >= 4 is 39.2 Å². The van der Waals surface area contributed by atoms with E-state index in [1.807, 2.05) is 30.3 Å². The topological polar surface area (TPSA) is 67.2 Å². The quantitative estimate of drug-likeness (QED) is 0.512. The summed E-state index contributed by atoms with van der Waals surface area (Å²) in [6, 6.07) is 16.9. The molecule has 6 heteroatoms. The van der Waals surface area contributed by atoms with Crippen molar-refractivity contribution in [2.45, 2.75) is 6.92 Å². The van der Waals surface area contributed by atoms with Crippen LogP contribution in [-0.2, 0) is 0 Å². The van der Waals surface area contributed by atoms with E-state index < -0.39 is 0 Å². The molecular weight excluding hydrogens is 334 g/mol. The number of furan rings is 1. The van der Waals surface area contributed by atoms with E-state index in [1.54, 1.807) is 23.5 Å². The van der Waals surface area contributed by atoms with Gasteiger partial charge in [-0.2, -0.15) is 0 Å². The summed E-state index contributed by atoms with van der Waals surface area (Å²) in [7, 11) is 0. The lowest BCUT2D eigenvalue weighted by Gasteiger charge is -2.06. The predicted molar refractivity (Wildman–Crippen MR) is 101 cm³/mol. The van der Waals surface area contributed by atoms with Crippen molar-refractivity contribution in [2.75, 3.05) is 10.6 Å². The first-order valence-electron chi connectivity index (χ1n) is 7.76. The number of rotatable bonds is 3. The van der Waals surface area contributed by atoms with Crippen LogP contribution in [0.15, 0.2) is 65.3 Å². The number of carbonyl (C=O) groups excluding carboxylic acids is 1. The summed E-state index contributed by atoms with van der Waals surface area (Å²) in [4.78, 5) is 16.6. The summed E-state index contributed by atoms with van der Waals surface area (Å²) in [5.74, 6) is 0.402. The zero-order chi connectivity index (χ0) is 17.2. The molecule has 4 rings (SSSR count). The second-order valence-electron chi connectivity index (χ2n) is 5.62. The van der Waals surface area contributed by atoms with Gasteiger partial charge in [-0.3, -0.25) is 5.32 Å². The molecule has 2 aromatic heterocycles. The third kappa shape index (κ3) is 3.39. The molecule has 0 saturated heterocycles. The molecule has 5 nitrogen and oxygen atoms in total. The minimum atomic E-state index is -0.349. The van der Waals surface area contributed by atoms with Gasteiger partial charge in [-0.1, -0.05) is 6.07 Å². The highest BCUT2D eigenvalue weighted by Gasteiger charge is 2.08. The Hall–Kier alpha value is -3.12. The van der Waals surface area contributed by atoms with Crippen molar-refractivity contribution in [3.8, 4) is 10.6 Å². The summed E-state index contributed by atoms with van der Waals surface area (Å²) in [6.07, 6.45) is 1.50. The predicted octanol–water partition coefficient (Wildman–Crippen LogP) is 5.51. The zero-order valence-electron chi connectivity index (χ0n) is 13.4. The van der Waals surface area contributed by atoms with Crippen LogP contribution in [0, 0.1) is 6.92 Å². The van der Waals surface area contributed by atoms with Crippen molar-refractivity contribution in [1.29, 1.82) is 0 Å². The molecule has 4 aromatic rings. The van der Waals surface area contributed by atoms with Gasteiger partial charge in [0.15, 0.2) is 0 Å². The number of anilines is 2. The van der Waals surface area contributed by atoms with Crippen LogP contribution in [-0.4, -0.2) is 11.0 Å². The molecular formula is C19H15N3O2S. The number of amides is 2. The van der Waals surface area contributed by atoms with Crippen LogP contribution < -0.4 is 10.6 Å². The van der Waals surface area contributed by atoms with Crippen molar-refractivity contribution in [2.24, 2.45) is 0 Å². The standard InChI is InChI=1S/C19H15N3O2S/c1-12-4-9-15-16(11-12)25-18(21-15)13-5-7-14(8-6-13)20-19(23)22-17-3-2-10-24-17/h2-11H,1H3,(H2,20,22,23). The van der Waals surface area contributed by atoms with E-state index in [2.05, 4.69) is 34.7 Å². The van der Waals surface area contributed by atoms with Gasteiger partial charge < -0.3 is 9.73 Å². The van der Waals surface area contributed by atoms with E-state index in [0.717, 1.165) is 16.1 Å². The first-order valence-corrected chi connectivity index (χ1v) is 8.58. The Morgan fingerprint density at radius 3 is 2.68 bits per heavy atom. The molecule has 2 amide bonds. The second kappa shape index (κ2) is 6.41. The summed E-state index contributed by atoms with van der Waals surface area (Å²) in [5.41, 5.74) is 3.95. The first-order chi connectivity index (χ1) is 12.2. The zero-order valence-corrected chi connectivity index (χ0v) is 14.3. The van der Waals surface area contributed by atoms with Gasteiger partial charge in [-0.25, -0.2) is 9.78 Å². The molecule has 124 valence electrons. The van der Waals surface area contributed by atoms with Gasteiger partial charge in [0.25, 0.3) is 0 Å². The molecule has 0 aliphatic rings. The van der Waals surface area contributed by atoms with Gasteiger partial charge in [0.05, 0.1) is 16.5 Å². The SMILES string of the molecule is Cc1ccc2nc(-c3ccc(NC(=O)Nc4ccco4)cc3)sc2c1. The van der Waals surface area contributed by atoms with Crippen LogP contribution in [0.3, 0.4) is 0 Å². The number of aryl methyl sites for hydroxylation is 1. The smallest absolute Gasteiger partial charge is 0.326 e. The average molecular weight is 349 g/mol. The molecule has 2 heterocycles. The van der Waals surface area contributed by atoms with Gasteiger partial charge in [-0.05, 0) is 55.0 Å². The Morgan fingerprint density at radius 1 is 1.08 bits per heavy atom. The number of hydrogen-bond donors (Lipinski definition) is 2. The van der Waals surface area contributed by atoms with Crippen molar-refractivity contribution in [3.63, 3.8) is 0 Å². The molecule has 0 fully saturated rings. The van der Waals surface area contributed by atoms with Crippen molar-refractivity contribution in [1.82, 2.24) is 4.98 Å². The Labute approximate surface area is 148 Å². The molecule has 25 heavy (non-hydrogen) atoms. The van der Waals surface area contributed by atoms with Gasteiger partial charge in [0.2, 0.25) is 5.88 Å². The van der Waals surface area contributed by atoms with Crippen LogP contribution in [0.1, 0.15) is 5.56 Å². The number of fused-ring (bicyclic) bond motifs is 1. The minimum Gasteiger partial charge on any atom is -0.449 e. The highest BCUT2D eigenvalue weighted by Crippen LogP contribution is 2.31. The molecule has 0 aliphatic heterocycles. The number of urea groups is 1. The summed E-state index contributed by atoms with van der Waals surface area (Å²) < 4.78 is 6.25. The fourth-order valence-corrected chi connectivity index (χ4v) is 3.54. The molecule has 0 atom stereocenters. The Kier molecular flexibility index (Phi) is 3.95. The third-order valence-corrected chi connectivity index (χ3v) is 4.76. The van der Waals surface area contributed by atoms with Gasteiger partial charge >= 0.3 is 6.03 Å². The number of nitrogens with one attached hydrogen (secondary N) is 2. The average Bonchev–Trinajstić information content (AvgIpc) is 3.24. The molecule has 2 N–H and O–H groups in total. The highest BCUT2D eigenvalue weighted by atomic mass is 32.1. The molecule has 0 aliphatic carbocycles. The lowest BCUT2D eigenvalue weighted by atomic mass is 10.2. The Bertz CT molecular complexity index is 1020. The Balaban J connectivity index is 1.50. The Morgan fingerprint density at radius 2 is 1.92 bits per heavy atom. The monoisotopic (exact) mass is 349 g/mol. The first kappa shape index (κ1) is 15.4. The van der Waals surface area contributed by atoms with Crippen molar-refractivity contribution in [3.05, 3.63) is 66.4 Å². The summed E-state index contributed by atoms with van der Waals surface area (Å²) in [5, 5.41) is 6.34. The maximum atomic E-state index is 11.9. The summed E-state index contributed by atoms with van der Waals surface area (Å²) in [6.45, 7) is 2.08. The molecule has 0 bridgehead atoms. The van der Waals surface area contributed by atoms with Crippen LogP contribution in [0.4, 0.5) is 16.4 Å². The number of nitrogens with zero attached hydrogens (tertiary/aromatic N) is 1. The molecule has 0 saturated carbocycles. The lowest BCUT2D eigenvalue weighted by Crippen LogP contribution is -2.18. The van der Waals surface area contributed by atoms with Crippen LogP contribution in [0.5, 0.6) is 0 Å². The van der Waals surface area contributed by atoms with E-state index >= 15 is 0 Å². The van der Waals surface area contributed by atoms with E-state index in [1.165, 1.54) is 16.5 Å².